The van der Waals surface area contributed by atoms with Crippen LogP contribution in [0.15, 0.2) is 261 Å². The Morgan fingerprint density at radius 1 is 0.200 bits per heavy atom. The molecule has 0 aromatic heterocycles. The highest BCUT2D eigenvalue weighted by molar-refractivity contribution is 6.14. The Labute approximate surface area is 379 Å². The van der Waals surface area contributed by atoms with E-state index in [0.717, 1.165) is 22.6 Å². The molecule has 0 aliphatic carbocycles. The van der Waals surface area contributed by atoms with Gasteiger partial charge in [-0.1, -0.05) is 218 Å². The summed E-state index contributed by atoms with van der Waals surface area (Å²) in [7, 11) is 0. The SMILES string of the molecule is c1ccc(-c2ccccc2-c2ccccc2-c2ccccc2N(c2ccc(-c3ccc4c(ccc5ccccc54)c3)cc2)c2ccc(-c3cc4ccccc4c4ccccc34)cc2)cc1. The molecule has 1 heteroatoms. The minimum Gasteiger partial charge on any atom is -0.310 e. The number of anilines is 3. The highest BCUT2D eigenvalue weighted by Gasteiger charge is 2.21. The fourth-order valence-electron chi connectivity index (χ4n) is 9.94. The van der Waals surface area contributed by atoms with Crippen LogP contribution in [0.3, 0.4) is 0 Å². The molecule has 0 unspecified atom stereocenters. The van der Waals surface area contributed by atoms with Gasteiger partial charge in [0, 0.05) is 16.9 Å². The molecule has 304 valence electrons. The molecule has 0 spiro atoms. The summed E-state index contributed by atoms with van der Waals surface area (Å²) in [6.45, 7) is 0. The van der Waals surface area contributed by atoms with Crippen LogP contribution in [-0.2, 0) is 0 Å². The number of para-hydroxylation sites is 1. The molecular weight excluding hydrogens is 783 g/mol. The molecule has 0 saturated heterocycles. The van der Waals surface area contributed by atoms with Gasteiger partial charge in [0.1, 0.15) is 0 Å². The van der Waals surface area contributed by atoms with Crippen LogP contribution in [0.5, 0.6) is 0 Å². The van der Waals surface area contributed by atoms with E-state index < -0.39 is 0 Å². The van der Waals surface area contributed by atoms with Gasteiger partial charge in [-0.15, -0.1) is 0 Å². The van der Waals surface area contributed by atoms with Gasteiger partial charge in [-0.3, -0.25) is 0 Å². The Hall–Kier alpha value is -8.52. The lowest BCUT2D eigenvalue weighted by atomic mass is 9.88. The minimum absolute atomic E-state index is 1.08. The van der Waals surface area contributed by atoms with Gasteiger partial charge in [0.25, 0.3) is 0 Å². The molecule has 12 aromatic rings. The smallest absolute Gasteiger partial charge is 0.0540 e. The third-order valence-electron chi connectivity index (χ3n) is 13.1. The summed E-state index contributed by atoms with van der Waals surface area (Å²) in [4.78, 5) is 2.42. The first kappa shape index (κ1) is 38.2. The summed E-state index contributed by atoms with van der Waals surface area (Å²) in [6.07, 6.45) is 0. The maximum absolute atomic E-state index is 2.42. The van der Waals surface area contributed by atoms with Gasteiger partial charge in [-0.2, -0.15) is 0 Å². The number of nitrogens with zero attached hydrogens (tertiary/aromatic N) is 1. The van der Waals surface area contributed by atoms with E-state index in [9.17, 15) is 0 Å². The van der Waals surface area contributed by atoms with Crippen molar-refractivity contribution in [2.75, 3.05) is 4.90 Å². The average Bonchev–Trinajstić information content (AvgIpc) is 3.39. The van der Waals surface area contributed by atoms with E-state index in [1.165, 1.54) is 93.2 Å². The second kappa shape index (κ2) is 16.3. The van der Waals surface area contributed by atoms with Crippen molar-refractivity contribution in [1.29, 1.82) is 0 Å². The van der Waals surface area contributed by atoms with Crippen molar-refractivity contribution in [2.45, 2.75) is 0 Å². The molecule has 12 rings (SSSR count). The molecule has 0 aliphatic heterocycles. The van der Waals surface area contributed by atoms with Crippen molar-refractivity contribution in [2.24, 2.45) is 0 Å². The van der Waals surface area contributed by atoms with Gasteiger partial charge < -0.3 is 4.90 Å². The Morgan fingerprint density at radius 3 is 1.34 bits per heavy atom. The van der Waals surface area contributed by atoms with E-state index in [0.29, 0.717) is 0 Å². The summed E-state index contributed by atoms with van der Waals surface area (Å²) in [5.74, 6) is 0. The van der Waals surface area contributed by atoms with Crippen LogP contribution in [0, 0.1) is 0 Å². The Kier molecular flexibility index (Phi) is 9.58. The lowest BCUT2D eigenvalue weighted by Crippen LogP contribution is -2.11. The summed E-state index contributed by atoms with van der Waals surface area (Å²) in [5.41, 5.74) is 15.2. The highest BCUT2D eigenvalue weighted by atomic mass is 15.1. The molecule has 0 saturated carbocycles. The first-order valence-electron chi connectivity index (χ1n) is 22.4. The van der Waals surface area contributed by atoms with E-state index in [-0.39, 0.29) is 0 Å². The molecular formula is C64H43N. The van der Waals surface area contributed by atoms with Crippen LogP contribution >= 0.6 is 0 Å². The number of hydrogen-bond donors (Lipinski definition) is 0. The van der Waals surface area contributed by atoms with E-state index in [1.54, 1.807) is 0 Å². The van der Waals surface area contributed by atoms with Crippen LogP contribution in [0.2, 0.25) is 0 Å². The average molecular weight is 826 g/mol. The fraction of sp³-hybridized carbons (Fsp3) is 0. The van der Waals surface area contributed by atoms with E-state index in [4.69, 9.17) is 0 Å². The van der Waals surface area contributed by atoms with Crippen LogP contribution in [0.4, 0.5) is 17.1 Å². The Morgan fingerprint density at radius 2 is 0.631 bits per heavy atom. The fourth-order valence-corrected chi connectivity index (χ4v) is 9.94. The normalized spacial score (nSPS) is 11.4. The van der Waals surface area contributed by atoms with E-state index >= 15 is 0 Å². The van der Waals surface area contributed by atoms with E-state index in [1.807, 2.05) is 0 Å². The number of benzene rings is 12. The summed E-state index contributed by atoms with van der Waals surface area (Å²) in [6, 6.07) is 95.3. The molecule has 0 bridgehead atoms. The van der Waals surface area contributed by atoms with Gasteiger partial charge in [0.15, 0.2) is 0 Å². The Balaban J connectivity index is 1.00. The highest BCUT2D eigenvalue weighted by Crippen LogP contribution is 2.46. The lowest BCUT2D eigenvalue weighted by Gasteiger charge is -2.29. The predicted molar refractivity (Wildman–Crippen MR) is 278 cm³/mol. The van der Waals surface area contributed by atoms with Gasteiger partial charge in [-0.05, 0) is 136 Å². The van der Waals surface area contributed by atoms with Crippen molar-refractivity contribution in [1.82, 2.24) is 0 Å². The molecule has 1 nitrogen and oxygen atoms in total. The molecule has 0 atom stereocenters. The molecule has 0 aliphatic rings. The van der Waals surface area contributed by atoms with Gasteiger partial charge >= 0.3 is 0 Å². The molecule has 0 amide bonds. The zero-order valence-corrected chi connectivity index (χ0v) is 35.8. The third kappa shape index (κ3) is 6.92. The van der Waals surface area contributed by atoms with Gasteiger partial charge in [0.2, 0.25) is 0 Å². The van der Waals surface area contributed by atoms with Crippen LogP contribution in [0.1, 0.15) is 0 Å². The van der Waals surface area contributed by atoms with E-state index in [2.05, 4.69) is 266 Å². The van der Waals surface area contributed by atoms with Crippen molar-refractivity contribution >= 4 is 60.2 Å². The van der Waals surface area contributed by atoms with Gasteiger partial charge in [0.05, 0.1) is 5.69 Å². The molecule has 12 aromatic carbocycles. The maximum Gasteiger partial charge on any atom is 0.0540 e. The first-order chi connectivity index (χ1) is 32.2. The topological polar surface area (TPSA) is 3.24 Å². The molecule has 0 heterocycles. The second-order valence-corrected chi connectivity index (χ2v) is 16.8. The van der Waals surface area contributed by atoms with Crippen molar-refractivity contribution < 1.29 is 0 Å². The van der Waals surface area contributed by atoms with Crippen molar-refractivity contribution in [3.8, 4) is 55.6 Å². The molecule has 0 N–H and O–H groups in total. The summed E-state index contributed by atoms with van der Waals surface area (Å²) in [5, 5.41) is 10.1. The third-order valence-corrected chi connectivity index (χ3v) is 13.1. The standard InChI is InChI=1S/C64H43N/c1-2-16-45(17-3-1)54-21-8-9-23-57(54)59-25-11-12-26-60(59)62-28-14-15-29-64(62)65(51-37-32-44(33-38-51)48-36-41-56-50(42-48)31-30-46-18-4-6-20-53(46)56)52-39-34-47(35-40-52)63-43-49-19-5-7-22-55(49)58-24-10-13-27-61(58)63/h1-43H. The second-order valence-electron chi connectivity index (χ2n) is 16.8. The number of rotatable bonds is 8. The number of fused-ring (bicyclic) bond motifs is 6. The van der Waals surface area contributed by atoms with Crippen LogP contribution in [0.25, 0.3) is 98.7 Å². The predicted octanol–water partition coefficient (Wildman–Crippen LogP) is 18.1. The molecule has 0 radical (unpaired) electrons. The van der Waals surface area contributed by atoms with Crippen molar-refractivity contribution in [3.05, 3.63) is 261 Å². The first-order valence-corrected chi connectivity index (χ1v) is 22.4. The quantitative estimate of drug-likeness (QED) is 0.138. The summed E-state index contributed by atoms with van der Waals surface area (Å²) >= 11 is 0. The minimum atomic E-state index is 1.08. The molecule has 65 heavy (non-hydrogen) atoms. The Bertz CT molecular complexity index is 3700. The van der Waals surface area contributed by atoms with Crippen LogP contribution in [-0.4, -0.2) is 0 Å². The molecule has 0 fully saturated rings. The zero-order valence-electron chi connectivity index (χ0n) is 35.8. The van der Waals surface area contributed by atoms with Gasteiger partial charge in [-0.25, -0.2) is 0 Å². The largest absolute Gasteiger partial charge is 0.310 e. The number of hydrogen-bond acceptors (Lipinski definition) is 1. The van der Waals surface area contributed by atoms with Crippen molar-refractivity contribution in [3.63, 3.8) is 0 Å². The lowest BCUT2D eigenvalue weighted by molar-refractivity contribution is 1.28. The summed E-state index contributed by atoms with van der Waals surface area (Å²) < 4.78 is 0. The zero-order chi connectivity index (χ0) is 43.1. The van der Waals surface area contributed by atoms with Crippen LogP contribution < -0.4 is 4.90 Å². The monoisotopic (exact) mass is 825 g/mol. The maximum atomic E-state index is 2.42.